The number of amides is 1. The molecule has 1 aliphatic heterocycles. The number of hydrogen-bond acceptors (Lipinski definition) is 7. The number of piperazine rings is 1. The molecule has 3 aromatic rings. The minimum atomic E-state index is -0.469. The average Bonchev–Trinajstić information content (AvgIpc) is 2.80. The number of carbonyl (C=O) groups is 1. The van der Waals surface area contributed by atoms with Gasteiger partial charge in [-0.25, -0.2) is 9.78 Å². The minimum absolute atomic E-state index is 0.0835. The Hall–Kier alpha value is -3.37. The second-order valence-electron chi connectivity index (χ2n) is 8.13. The summed E-state index contributed by atoms with van der Waals surface area (Å²) in [5.74, 6) is 0.349. The monoisotopic (exact) mass is 471 g/mol. The van der Waals surface area contributed by atoms with Gasteiger partial charge >= 0.3 is 5.69 Å². The highest BCUT2D eigenvalue weighted by Gasteiger charge is 2.21. The topological polar surface area (TPSA) is 105 Å². The van der Waals surface area contributed by atoms with Gasteiger partial charge in [0.25, 0.3) is 5.56 Å². The van der Waals surface area contributed by atoms with E-state index in [1.165, 1.54) is 11.6 Å². The average molecular weight is 472 g/mol. The smallest absolute Gasteiger partial charge is 0.332 e. The number of likely N-dealkylation sites (N-methyl/N-ethyl adjacent to an activating group) is 1. The van der Waals surface area contributed by atoms with Crippen molar-refractivity contribution in [2.45, 2.75) is 0 Å². The molecule has 11 heteroatoms. The Morgan fingerprint density at radius 3 is 2.48 bits per heavy atom. The third-order valence-electron chi connectivity index (χ3n) is 5.77. The normalized spacial score (nSPS) is 14.5. The van der Waals surface area contributed by atoms with Crippen LogP contribution >= 0.6 is 11.6 Å². The van der Waals surface area contributed by atoms with Gasteiger partial charge in [0, 0.05) is 57.1 Å². The van der Waals surface area contributed by atoms with Crippen LogP contribution in [-0.4, -0.2) is 64.7 Å². The zero-order valence-electron chi connectivity index (χ0n) is 18.8. The number of aryl methyl sites for hydroxylation is 1. The molecule has 1 fully saturated rings. The highest BCUT2D eigenvalue weighted by Crippen LogP contribution is 2.25. The first kappa shape index (κ1) is 22.8. The molecule has 2 N–H and O–H groups in total. The van der Waals surface area contributed by atoms with E-state index in [-0.39, 0.29) is 23.5 Å². The van der Waals surface area contributed by atoms with Crippen molar-refractivity contribution in [1.29, 1.82) is 0 Å². The standard InChI is InChI=1S/C22H26ClN7O3/c1-27-7-9-30(10-8-27)17-12-16(19-20(26-17)28(2)22(33)29(3)21(19)32)24-13-18(31)25-15-6-4-5-14(23)11-15/h4-6,11-12H,7-10,13H2,1-3H3,(H,24,26)(H,25,31). The van der Waals surface area contributed by atoms with E-state index in [4.69, 9.17) is 11.6 Å². The quantitative estimate of drug-likeness (QED) is 0.574. The fourth-order valence-corrected chi connectivity index (χ4v) is 4.02. The van der Waals surface area contributed by atoms with Crippen LogP contribution in [0.5, 0.6) is 0 Å². The number of hydrogen-bond donors (Lipinski definition) is 2. The molecular formula is C22H26ClN7O3. The van der Waals surface area contributed by atoms with Gasteiger partial charge in [-0.1, -0.05) is 17.7 Å². The van der Waals surface area contributed by atoms with Gasteiger partial charge < -0.3 is 20.4 Å². The molecule has 174 valence electrons. The van der Waals surface area contributed by atoms with E-state index in [1.807, 2.05) is 0 Å². The Labute approximate surface area is 195 Å². The lowest BCUT2D eigenvalue weighted by Gasteiger charge is -2.33. The van der Waals surface area contributed by atoms with Crippen LogP contribution < -0.4 is 26.8 Å². The summed E-state index contributed by atoms with van der Waals surface area (Å²) < 4.78 is 2.39. The second-order valence-corrected chi connectivity index (χ2v) is 8.57. The van der Waals surface area contributed by atoms with Crippen LogP contribution in [0.2, 0.25) is 5.02 Å². The number of halogens is 1. The van der Waals surface area contributed by atoms with E-state index < -0.39 is 11.2 Å². The summed E-state index contributed by atoms with van der Waals surface area (Å²) in [5.41, 5.74) is 0.373. The van der Waals surface area contributed by atoms with Gasteiger partial charge in [0.05, 0.1) is 12.2 Å². The Balaban J connectivity index is 1.69. The first-order valence-corrected chi connectivity index (χ1v) is 11.0. The fourth-order valence-electron chi connectivity index (χ4n) is 3.83. The molecule has 33 heavy (non-hydrogen) atoms. The number of nitrogens with one attached hydrogen (secondary N) is 2. The molecule has 3 heterocycles. The van der Waals surface area contributed by atoms with Crippen LogP contribution in [-0.2, 0) is 18.9 Å². The first-order valence-electron chi connectivity index (χ1n) is 10.6. The maximum Gasteiger partial charge on any atom is 0.332 e. The van der Waals surface area contributed by atoms with Gasteiger partial charge in [-0.15, -0.1) is 0 Å². The molecule has 0 unspecified atom stereocenters. The predicted molar refractivity (Wildman–Crippen MR) is 131 cm³/mol. The number of anilines is 3. The summed E-state index contributed by atoms with van der Waals surface area (Å²) >= 11 is 5.98. The molecule has 0 bridgehead atoms. The van der Waals surface area contributed by atoms with Gasteiger partial charge in [-0.05, 0) is 25.2 Å². The molecule has 0 radical (unpaired) electrons. The summed E-state index contributed by atoms with van der Waals surface area (Å²) in [5, 5.41) is 6.62. The van der Waals surface area contributed by atoms with Crippen molar-refractivity contribution < 1.29 is 4.79 Å². The zero-order valence-corrected chi connectivity index (χ0v) is 19.5. The lowest BCUT2D eigenvalue weighted by molar-refractivity contribution is -0.114. The highest BCUT2D eigenvalue weighted by atomic mass is 35.5. The highest BCUT2D eigenvalue weighted by molar-refractivity contribution is 6.30. The zero-order chi connectivity index (χ0) is 23.7. The van der Waals surface area contributed by atoms with Crippen LogP contribution in [0.25, 0.3) is 11.0 Å². The van der Waals surface area contributed by atoms with Gasteiger partial charge in [-0.3, -0.25) is 18.7 Å². The van der Waals surface area contributed by atoms with E-state index in [1.54, 1.807) is 37.4 Å². The van der Waals surface area contributed by atoms with Gasteiger partial charge in [0.15, 0.2) is 5.65 Å². The predicted octanol–water partition coefficient (Wildman–Crippen LogP) is 1.09. The largest absolute Gasteiger partial charge is 0.375 e. The Bertz CT molecular complexity index is 1330. The van der Waals surface area contributed by atoms with E-state index in [0.717, 1.165) is 30.7 Å². The molecule has 4 rings (SSSR count). The van der Waals surface area contributed by atoms with Crippen molar-refractivity contribution in [1.82, 2.24) is 19.0 Å². The summed E-state index contributed by atoms with van der Waals surface area (Å²) in [7, 11) is 5.07. The molecule has 0 spiro atoms. The van der Waals surface area contributed by atoms with Crippen LogP contribution in [0.15, 0.2) is 39.9 Å². The van der Waals surface area contributed by atoms with Gasteiger partial charge in [0.2, 0.25) is 5.91 Å². The number of pyridine rings is 1. The summed E-state index contributed by atoms with van der Waals surface area (Å²) in [6.45, 7) is 3.20. The molecule has 0 saturated carbocycles. The summed E-state index contributed by atoms with van der Waals surface area (Å²) in [6.07, 6.45) is 0. The van der Waals surface area contributed by atoms with E-state index in [0.29, 0.717) is 22.2 Å². The lowest BCUT2D eigenvalue weighted by atomic mass is 10.2. The minimum Gasteiger partial charge on any atom is -0.375 e. The lowest BCUT2D eigenvalue weighted by Crippen LogP contribution is -2.45. The number of benzene rings is 1. The fraction of sp³-hybridized carbons (Fsp3) is 0.364. The molecule has 1 aromatic carbocycles. The van der Waals surface area contributed by atoms with Crippen LogP contribution in [0, 0.1) is 0 Å². The number of aromatic nitrogens is 3. The molecule has 1 amide bonds. The van der Waals surface area contributed by atoms with Crippen molar-refractivity contribution in [2.24, 2.45) is 14.1 Å². The van der Waals surface area contributed by atoms with E-state index >= 15 is 0 Å². The first-order chi connectivity index (χ1) is 15.7. The van der Waals surface area contributed by atoms with Gasteiger partial charge in [0.1, 0.15) is 11.2 Å². The number of carbonyl (C=O) groups excluding carboxylic acids is 1. The second kappa shape index (κ2) is 9.24. The SMILES string of the molecule is CN1CCN(c2cc(NCC(=O)Nc3cccc(Cl)c3)c3c(=O)n(C)c(=O)n(C)c3n2)CC1. The number of fused-ring (bicyclic) bond motifs is 1. The molecule has 1 saturated heterocycles. The van der Waals surface area contributed by atoms with Crippen molar-refractivity contribution in [3.63, 3.8) is 0 Å². The number of rotatable bonds is 5. The van der Waals surface area contributed by atoms with Crippen molar-refractivity contribution in [3.05, 3.63) is 56.2 Å². The molecule has 10 nitrogen and oxygen atoms in total. The summed E-state index contributed by atoms with van der Waals surface area (Å²) in [4.78, 5) is 47.0. The third kappa shape index (κ3) is 4.71. The van der Waals surface area contributed by atoms with Gasteiger partial charge in [-0.2, -0.15) is 0 Å². The molecule has 1 aliphatic rings. The van der Waals surface area contributed by atoms with E-state index in [2.05, 4.69) is 32.5 Å². The van der Waals surface area contributed by atoms with Crippen molar-refractivity contribution in [3.8, 4) is 0 Å². The van der Waals surface area contributed by atoms with Crippen LogP contribution in [0.4, 0.5) is 17.2 Å². The van der Waals surface area contributed by atoms with E-state index in [9.17, 15) is 14.4 Å². The Morgan fingerprint density at radius 2 is 1.79 bits per heavy atom. The third-order valence-corrected chi connectivity index (χ3v) is 6.01. The maximum atomic E-state index is 13.0. The molecule has 0 atom stereocenters. The summed E-state index contributed by atoms with van der Waals surface area (Å²) in [6, 6.07) is 8.62. The van der Waals surface area contributed by atoms with Crippen molar-refractivity contribution in [2.75, 3.05) is 55.3 Å². The van der Waals surface area contributed by atoms with Crippen LogP contribution in [0.1, 0.15) is 0 Å². The van der Waals surface area contributed by atoms with Crippen LogP contribution in [0.3, 0.4) is 0 Å². The Kier molecular flexibility index (Phi) is 6.39. The molecular weight excluding hydrogens is 446 g/mol. The molecule has 2 aromatic heterocycles. The molecule has 0 aliphatic carbocycles. The number of nitrogens with zero attached hydrogens (tertiary/aromatic N) is 5. The Morgan fingerprint density at radius 1 is 1.06 bits per heavy atom. The van der Waals surface area contributed by atoms with Crippen molar-refractivity contribution >= 4 is 45.7 Å². The maximum absolute atomic E-state index is 13.0.